The Kier molecular flexibility index (Phi) is 9.60. The first-order valence-electron chi connectivity index (χ1n) is 6.67. The van der Waals surface area contributed by atoms with Gasteiger partial charge in [0.1, 0.15) is 0 Å². The number of fused-ring (bicyclic) bond motifs is 1. The first-order chi connectivity index (χ1) is 9.61. The van der Waals surface area contributed by atoms with Gasteiger partial charge in [-0.3, -0.25) is 9.78 Å². The third-order valence-electron chi connectivity index (χ3n) is 2.98. The molecule has 22 heavy (non-hydrogen) atoms. The molecule has 0 aliphatic rings. The number of rotatable bonds is 5. The summed E-state index contributed by atoms with van der Waals surface area (Å²) < 4.78 is 0.942. The Balaban J connectivity index is 0.00000220. The van der Waals surface area contributed by atoms with Gasteiger partial charge in [0.25, 0.3) is 5.91 Å². The van der Waals surface area contributed by atoms with Crippen LogP contribution in [0.4, 0.5) is 0 Å². The molecule has 0 saturated carbocycles. The Morgan fingerprint density at radius 3 is 2.64 bits per heavy atom. The van der Waals surface area contributed by atoms with Gasteiger partial charge in [-0.1, -0.05) is 22.9 Å². The Hall–Kier alpha value is -0.880. The van der Waals surface area contributed by atoms with Crippen LogP contribution in [0.15, 0.2) is 28.7 Å². The molecule has 7 heteroatoms. The Morgan fingerprint density at radius 1 is 1.23 bits per heavy atom. The van der Waals surface area contributed by atoms with E-state index in [0.717, 1.165) is 34.2 Å². The van der Waals surface area contributed by atoms with E-state index < -0.39 is 0 Å². The second-order valence-electron chi connectivity index (χ2n) is 4.58. The summed E-state index contributed by atoms with van der Waals surface area (Å²) in [5.74, 6) is -0.0588. The number of hydrogen-bond donors (Lipinski definition) is 2. The summed E-state index contributed by atoms with van der Waals surface area (Å²) in [5.41, 5.74) is 2.35. The summed E-state index contributed by atoms with van der Waals surface area (Å²) in [6.45, 7) is 6.23. The second kappa shape index (κ2) is 10.0. The van der Waals surface area contributed by atoms with E-state index in [0.29, 0.717) is 12.1 Å². The number of likely N-dealkylation sites (N-methyl/N-ethyl adjacent to an activating group) is 1. The van der Waals surface area contributed by atoms with Crippen LogP contribution in [0.3, 0.4) is 0 Å². The Bertz CT molecular complexity index is 637. The van der Waals surface area contributed by atoms with E-state index >= 15 is 0 Å². The van der Waals surface area contributed by atoms with Crippen molar-refractivity contribution >= 4 is 57.6 Å². The van der Waals surface area contributed by atoms with Crippen molar-refractivity contribution in [3.63, 3.8) is 0 Å². The lowest BCUT2D eigenvalue weighted by Crippen LogP contribution is -2.31. The number of nitrogens with one attached hydrogen (secondary N) is 2. The molecule has 0 fully saturated rings. The summed E-state index contributed by atoms with van der Waals surface area (Å²) >= 11 is 3.44. The number of hydrogen-bond acceptors (Lipinski definition) is 3. The average molecular weight is 409 g/mol. The number of carbonyl (C=O) groups is 1. The Labute approximate surface area is 151 Å². The summed E-state index contributed by atoms with van der Waals surface area (Å²) in [4.78, 5) is 16.8. The molecule has 2 rings (SSSR count). The van der Waals surface area contributed by atoms with E-state index in [-0.39, 0.29) is 30.7 Å². The van der Waals surface area contributed by atoms with Crippen molar-refractivity contribution in [1.29, 1.82) is 0 Å². The number of halogens is 3. The molecule has 122 valence electrons. The summed E-state index contributed by atoms with van der Waals surface area (Å²) in [6.07, 6.45) is 0. The van der Waals surface area contributed by atoms with Crippen LogP contribution >= 0.6 is 40.7 Å². The number of carbonyl (C=O) groups excluding carboxylic acids is 1. The standard InChI is InChI=1S/C15H18BrN3O.2ClH/c1-3-17-6-7-18-15(20)13-8-10(2)19-14-5-4-11(16)9-12(13)14;;/h4-5,8-9,17H,3,6-7H2,1-2H3,(H,18,20);2*1H. The van der Waals surface area contributed by atoms with Gasteiger partial charge >= 0.3 is 0 Å². The number of aryl methyl sites for hydroxylation is 1. The minimum Gasteiger partial charge on any atom is -0.351 e. The van der Waals surface area contributed by atoms with Crippen LogP contribution in [0.5, 0.6) is 0 Å². The molecule has 1 aromatic carbocycles. The van der Waals surface area contributed by atoms with Gasteiger partial charge in [0.2, 0.25) is 0 Å². The molecule has 2 aromatic rings. The molecule has 0 unspecified atom stereocenters. The molecule has 0 bridgehead atoms. The molecule has 0 aliphatic carbocycles. The summed E-state index contributed by atoms with van der Waals surface area (Å²) in [7, 11) is 0. The predicted octanol–water partition coefficient (Wildman–Crippen LogP) is 3.49. The lowest BCUT2D eigenvalue weighted by Gasteiger charge is -2.09. The first kappa shape index (κ1) is 21.1. The van der Waals surface area contributed by atoms with E-state index in [1.165, 1.54) is 0 Å². The number of aromatic nitrogens is 1. The molecular formula is C15H20BrCl2N3O. The van der Waals surface area contributed by atoms with Crippen LogP contribution in [-0.4, -0.2) is 30.5 Å². The van der Waals surface area contributed by atoms with Crippen molar-refractivity contribution < 1.29 is 4.79 Å². The maximum Gasteiger partial charge on any atom is 0.252 e. The molecule has 0 saturated heterocycles. The molecule has 4 nitrogen and oxygen atoms in total. The predicted molar refractivity (Wildman–Crippen MR) is 99.6 cm³/mol. The fraction of sp³-hybridized carbons (Fsp3) is 0.333. The molecule has 1 amide bonds. The van der Waals surface area contributed by atoms with Crippen molar-refractivity contribution in [2.75, 3.05) is 19.6 Å². The van der Waals surface area contributed by atoms with E-state index in [1.54, 1.807) is 0 Å². The number of pyridine rings is 1. The fourth-order valence-electron chi connectivity index (χ4n) is 2.05. The highest BCUT2D eigenvalue weighted by Gasteiger charge is 2.11. The van der Waals surface area contributed by atoms with Gasteiger partial charge in [-0.2, -0.15) is 0 Å². The highest BCUT2D eigenvalue weighted by Crippen LogP contribution is 2.22. The van der Waals surface area contributed by atoms with Crippen LogP contribution in [0, 0.1) is 6.92 Å². The van der Waals surface area contributed by atoms with Crippen molar-refractivity contribution in [1.82, 2.24) is 15.6 Å². The minimum absolute atomic E-state index is 0. The van der Waals surface area contributed by atoms with Crippen LogP contribution in [0.1, 0.15) is 23.0 Å². The van der Waals surface area contributed by atoms with Crippen molar-refractivity contribution in [2.45, 2.75) is 13.8 Å². The quantitative estimate of drug-likeness (QED) is 0.744. The van der Waals surface area contributed by atoms with Gasteiger partial charge < -0.3 is 10.6 Å². The minimum atomic E-state index is -0.0588. The lowest BCUT2D eigenvalue weighted by molar-refractivity contribution is 0.0955. The smallest absolute Gasteiger partial charge is 0.252 e. The zero-order valence-electron chi connectivity index (χ0n) is 12.5. The van der Waals surface area contributed by atoms with Gasteiger partial charge in [0.15, 0.2) is 0 Å². The summed E-state index contributed by atoms with van der Waals surface area (Å²) in [5, 5.41) is 6.97. The fourth-order valence-corrected chi connectivity index (χ4v) is 2.42. The van der Waals surface area contributed by atoms with Crippen LogP contribution < -0.4 is 10.6 Å². The molecule has 1 heterocycles. The molecule has 0 spiro atoms. The normalized spacial score (nSPS) is 9.77. The molecular weight excluding hydrogens is 389 g/mol. The van der Waals surface area contributed by atoms with E-state index in [1.807, 2.05) is 38.1 Å². The first-order valence-corrected chi connectivity index (χ1v) is 7.47. The third-order valence-corrected chi connectivity index (χ3v) is 3.47. The van der Waals surface area contributed by atoms with Gasteiger partial charge in [0.05, 0.1) is 11.1 Å². The number of amides is 1. The van der Waals surface area contributed by atoms with Crippen molar-refractivity contribution in [2.24, 2.45) is 0 Å². The van der Waals surface area contributed by atoms with Crippen LogP contribution in [0.25, 0.3) is 10.9 Å². The van der Waals surface area contributed by atoms with Gasteiger partial charge in [0, 0.05) is 28.6 Å². The maximum atomic E-state index is 12.3. The van der Waals surface area contributed by atoms with Crippen LogP contribution in [0.2, 0.25) is 0 Å². The lowest BCUT2D eigenvalue weighted by atomic mass is 10.1. The molecule has 0 aliphatic heterocycles. The SMILES string of the molecule is CCNCCNC(=O)c1cc(C)nc2ccc(Br)cc12.Cl.Cl. The van der Waals surface area contributed by atoms with Crippen molar-refractivity contribution in [3.8, 4) is 0 Å². The van der Waals surface area contributed by atoms with Gasteiger partial charge in [-0.05, 0) is 37.7 Å². The Morgan fingerprint density at radius 2 is 1.95 bits per heavy atom. The zero-order chi connectivity index (χ0) is 14.5. The number of benzene rings is 1. The summed E-state index contributed by atoms with van der Waals surface area (Å²) in [6, 6.07) is 7.61. The number of nitrogens with zero attached hydrogens (tertiary/aromatic N) is 1. The molecule has 1 aromatic heterocycles. The van der Waals surface area contributed by atoms with Gasteiger partial charge in [-0.25, -0.2) is 0 Å². The third kappa shape index (κ3) is 5.39. The zero-order valence-corrected chi connectivity index (χ0v) is 15.7. The molecule has 0 radical (unpaired) electrons. The largest absolute Gasteiger partial charge is 0.351 e. The highest BCUT2D eigenvalue weighted by atomic mass is 79.9. The molecule has 0 atom stereocenters. The maximum absolute atomic E-state index is 12.3. The highest BCUT2D eigenvalue weighted by molar-refractivity contribution is 9.10. The van der Waals surface area contributed by atoms with E-state index in [4.69, 9.17) is 0 Å². The van der Waals surface area contributed by atoms with E-state index in [2.05, 4.69) is 31.5 Å². The van der Waals surface area contributed by atoms with Crippen LogP contribution in [-0.2, 0) is 0 Å². The van der Waals surface area contributed by atoms with E-state index in [9.17, 15) is 4.79 Å². The van der Waals surface area contributed by atoms with Crippen molar-refractivity contribution in [3.05, 3.63) is 40.0 Å². The second-order valence-corrected chi connectivity index (χ2v) is 5.50. The topological polar surface area (TPSA) is 54.0 Å². The monoisotopic (exact) mass is 407 g/mol. The average Bonchev–Trinajstić information content (AvgIpc) is 2.43. The van der Waals surface area contributed by atoms with Gasteiger partial charge in [-0.15, -0.1) is 24.8 Å². The molecule has 2 N–H and O–H groups in total.